The zero-order chi connectivity index (χ0) is 57.8. The van der Waals surface area contributed by atoms with Gasteiger partial charge in [-0.3, -0.25) is 14.4 Å². The Hall–Kier alpha value is -1.59. The van der Waals surface area contributed by atoms with Gasteiger partial charge in [0.1, 0.15) is 13.2 Å². The second-order valence-corrected chi connectivity index (χ2v) is 25.6. The van der Waals surface area contributed by atoms with Crippen LogP contribution in [0.4, 0.5) is 0 Å². The van der Waals surface area contributed by atoms with Crippen LogP contribution in [0.3, 0.4) is 0 Å². The van der Waals surface area contributed by atoms with Crippen LogP contribution in [0.25, 0.3) is 0 Å². The number of carbonyl (C=O) groups excluding carboxylic acids is 3. The molecule has 0 aliphatic heterocycles. The molecule has 0 aliphatic carbocycles. The van der Waals surface area contributed by atoms with Gasteiger partial charge >= 0.3 is 17.9 Å². The van der Waals surface area contributed by atoms with Crippen molar-refractivity contribution in [1.29, 1.82) is 0 Å². The van der Waals surface area contributed by atoms with Crippen LogP contribution < -0.4 is 0 Å². The summed E-state index contributed by atoms with van der Waals surface area (Å²) in [7, 11) is 0. The zero-order valence-electron chi connectivity index (χ0n) is 54.9. The second-order valence-electron chi connectivity index (χ2n) is 25.6. The maximum atomic E-state index is 12.9. The van der Waals surface area contributed by atoms with Crippen molar-refractivity contribution in [2.75, 3.05) is 13.2 Å². The van der Waals surface area contributed by atoms with E-state index in [1.54, 1.807) is 0 Å². The Balaban J connectivity index is 3.90. The first-order chi connectivity index (χ1) is 39.5. The van der Waals surface area contributed by atoms with Crippen LogP contribution in [0.15, 0.2) is 0 Å². The van der Waals surface area contributed by atoms with E-state index in [0.717, 1.165) is 57.8 Å². The Morgan fingerprint density at radius 3 is 0.500 bits per heavy atom. The number of esters is 3. The molecule has 0 fully saturated rings. The van der Waals surface area contributed by atoms with Crippen LogP contribution >= 0.6 is 0 Å². The molecule has 0 saturated carbocycles. The minimum absolute atomic E-state index is 0.0615. The van der Waals surface area contributed by atoms with Gasteiger partial charge in [-0.15, -0.1) is 0 Å². The molecular formula is C74H144O6. The van der Waals surface area contributed by atoms with Crippen LogP contribution in [-0.4, -0.2) is 37.2 Å². The molecule has 476 valence electrons. The smallest absolute Gasteiger partial charge is 0.306 e. The van der Waals surface area contributed by atoms with Gasteiger partial charge in [0.25, 0.3) is 0 Å². The Morgan fingerprint density at radius 2 is 0.338 bits per heavy atom. The van der Waals surface area contributed by atoms with E-state index in [1.165, 1.54) is 340 Å². The molecular weight excluding hydrogens is 985 g/mol. The number of ether oxygens (including phenoxy) is 3. The van der Waals surface area contributed by atoms with Crippen molar-refractivity contribution in [3.05, 3.63) is 0 Å². The van der Waals surface area contributed by atoms with Gasteiger partial charge < -0.3 is 14.2 Å². The number of unbranched alkanes of at least 4 members (excludes halogenated alkanes) is 59. The standard InChI is InChI=1S/C74H144O6/c1-4-7-10-13-16-18-20-22-24-26-28-30-32-34-35-36-37-38-39-41-42-44-46-48-50-52-54-56-58-61-64-67-73(76)79-70-71(69-78-72(75)66-63-60-15-12-9-6-3)80-74(77)68-65-62-59-57-55-53-51-49-47-45-43-40-33-31-29-27-25-23-21-19-17-14-11-8-5-2/h71H,4-70H2,1-3H3. The maximum Gasteiger partial charge on any atom is 0.306 e. The summed E-state index contributed by atoms with van der Waals surface area (Å²) in [4.78, 5) is 38.1. The zero-order valence-corrected chi connectivity index (χ0v) is 54.9. The topological polar surface area (TPSA) is 78.9 Å². The third kappa shape index (κ3) is 67.2. The molecule has 0 saturated heterocycles. The van der Waals surface area contributed by atoms with Crippen molar-refractivity contribution in [2.24, 2.45) is 0 Å². The largest absolute Gasteiger partial charge is 0.462 e. The van der Waals surface area contributed by atoms with Gasteiger partial charge in [0.2, 0.25) is 0 Å². The molecule has 6 nitrogen and oxygen atoms in total. The molecule has 0 aromatic carbocycles. The molecule has 80 heavy (non-hydrogen) atoms. The highest BCUT2D eigenvalue weighted by molar-refractivity contribution is 5.71. The molecule has 1 atom stereocenters. The first-order valence-corrected chi connectivity index (χ1v) is 37.0. The molecule has 0 rings (SSSR count). The lowest BCUT2D eigenvalue weighted by atomic mass is 10.0. The fraction of sp³-hybridized carbons (Fsp3) is 0.959. The van der Waals surface area contributed by atoms with Crippen molar-refractivity contribution in [3.63, 3.8) is 0 Å². The van der Waals surface area contributed by atoms with E-state index in [-0.39, 0.29) is 31.1 Å². The van der Waals surface area contributed by atoms with Crippen LogP contribution in [0.1, 0.15) is 438 Å². The summed E-state index contributed by atoms with van der Waals surface area (Å²) in [6.07, 6.45) is 83.5. The van der Waals surface area contributed by atoms with Crippen molar-refractivity contribution in [3.8, 4) is 0 Å². The molecule has 1 unspecified atom stereocenters. The first kappa shape index (κ1) is 78.4. The van der Waals surface area contributed by atoms with E-state index in [0.29, 0.717) is 19.3 Å². The van der Waals surface area contributed by atoms with E-state index in [9.17, 15) is 14.4 Å². The van der Waals surface area contributed by atoms with Crippen LogP contribution in [-0.2, 0) is 28.6 Å². The molecule has 0 bridgehead atoms. The van der Waals surface area contributed by atoms with Gasteiger partial charge in [-0.05, 0) is 19.3 Å². The van der Waals surface area contributed by atoms with Gasteiger partial charge in [-0.2, -0.15) is 0 Å². The van der Waals surface area contributed by atoms with Crippen molar-refractivity contribution in [1.82, 2.24) is 0 Å². The number of carbonyl (C=O) groups is 3. The van der Waals surface area contributed by atoms with E-state index in [4.69, 9.17) is 14.2 Å². The summed E-state index contributed by atoms with van der Waals surface area (Å²) >= 11 is 0. The van der Waals surface area contributed by atoms with Crippen molar-refractivity contribution in [2.45, 2.75) is 444 Å². The number of hydrogen-bond donors (Lipinski definition) is 0. The average Bonchev–Trinajstić information content (AvgIpc) is 3.46. The minimum atomic E-state index is -0.762. The lowest BCUT2D eigenvalue weighted by molar-refractivity contribution is -0.167. The predicted octanol–water partition coefficient (Wildman–Crippen LogP) is 25.4. The highest BCUT2D eigenvalue weighted by atomic mass is 16.6. The lowest BCUT2D eigenvalue weighted by Crippen LogP contribution is -2.30. The monoisotopic (exact) mass is 1130 g/mol. The fourth-order valence-corrected chi connectivity index (χ4v) is 11.8. The summed E-state index contributed by atoms with van der Waals surface area (Å²) in [6.45, 7) is 6.68. The Kier molecular flexibility index (Phi) is 68.5. The van der Waals surface area contributed by atoms with Gasteiger partial charge in [0.15, 0.2) is 6.10 Å². The normalized spacial score (nSPS) is 11.9. The highest BCUT2D eigenvalue weighted by Crippen LogP contribution is 2.20. The van der Waals surface area contributed by atoms with Gasteiger partial charge in [-0.1, -0.05) is 400 Å². The summed E-state index contributed by atoms with van der Waals surface area (Å²) in [5, 5.41) is 0. The average molecular weight is 1130 g/mol. The third-order valence-electron chi connectivity index (χ3n) is 17.4. The third-order valence-corrected chi connectivity index (χ3v) is 17.4. The van der Waals surface area contributed by atoms with E-state index in [1.807, 2.05) is 0 Å². The number of rotatable bonds is 70. The molecule has 6 heteroatoms. The van der Waals surface area contributed by atoms with Crippen LogP contribution in [0, 0.1) is 0 Å². The molecule has 0 N–H and O–H groups in total. The summed E-state index contributed by atoms with van der Waals surface area (Å²) in [6, 6.07) is 0. The maximum absolute atomic E-state index is 12.9. The SMILES string of the molecule is CCCCCCCCCCCCCCCCCCCCCCCCCCCCCCCCCC(=O)OCC(COC(=O)CCCCCCCC)OC(=O)CCCCCCCCCCCCCCCCCCCCCCCCCCC. The molecule has 0 heterocycles. The van der Waals surface area contributed by atoms with Crippen molar-refractivity contribution < 1.29 is 28.6 Å². The Morgan fingerprint density at radius 1 is 0.200 bits per heavy atom. The Labute approximate surface area is 501 Å². The fourth-order valence-electron chi connectivity index (χ4n) is 11.8. The molecule has 0 radical (unpaired) electrons. The summed E-state index contributed by atoms with van der Waals surface area (Å²) < 4.78 is 16.9. The van der Waals surface area contributed by atoms with Crippen molar-refractivity contribution >= 4 is 17.9 Å². The lowest BCUT2D eigenvalue weighted by Gasteiger charge is -2.18. The second kappa shape index (κ2) is 69.9. The summed E-state index contributed by atoms with van der Waals surface area (Å²) in [5.41, 5.74) is 0. The summed E-state index contributed by atoms with van der Waals surface area (Å²) in [5.74, 6) is -0.835. The molecule has 0 spiro atoms. The molecule has 0 aromatic rings. The first-order valence-electron chi connectivity index (χ1n) is 37.0. The molecule has 0 aromatic heterocycles. The van der Waals surface area contributed by atoms with Crippen LogP contribution in [0.5, 0.6) is 0 Å². The van der Waals surface area contributed by atoms with E-state index >= 15 is 0 Å². The Bertz CT molecular complexity index is 1200. The van der Waals surface area contributed by atoms with E-state index in [2.05, 4.69) is 20.8 Å². The highest BCUT2D eigenvalue weighted by Gasteiger charge is 2.20. The quantitative estimate of drug-likeness (QED) is 0.0343. The van der Waals surface area contributed by atoms with Gasteiger partial charge in [0, 0.05) is 19.3 Å². The predicted molar refractivity (Wildman–Crippen MR) is 349 cm³/mol. The molecule has 0 aliphatic rings. The molecule has 0 amide bonds. The number of hydrogen-bond acceptors (Lipinski definition) is 6. The van der Waals surface area contributed by atoms with E-state index < -0.39 is 6.10 Å². The van der Waals surface area contributed by atoms with Gasteiger partial charge in [0.05, 0.1) is 0 Å². The van der Waals surface area contributed by atoms with Gasteiger partial charge in [-0.25, -0.2) is 0 Å². The van der Waals surface area contributed by atoms with Crippen LogP contribution in [0.2, 0.25) is 0 Å². The minimum Gasteiger partial charge on any atom is -0.462 e.